The Kier molecular flexibility index (Phi) is 11.0. The number of rotatable bonds is 8. The quantitative estimate of drug-likeness (QED) is 0.122. The van der Waals surface area contributed by atoms with E-state index in [2.05, 4.69) is 72.8 Å². The van der Waals surface area contributed by atoms with Crippen molar-refractivity contribution in [3.8, 4) is 0 Å². The highest BCUT2D eigenvalue weighted by atomic mass is 32.2. The summed E-state index contributed by atoms with van der Waals surface area (Å²) in [5.41, 5.74) is 2.27. The fraction of sp³-hybridized carbons (Fsp3) is 0.111. The predicted octanol–water partition coefficient (Wildman–Crippen LogP) is 5.65. The maximum atomic E-state index is 12.6. The monoisotopic (exact) mass is 640 g/mol. The van der Waals surface area contributed by atoms with Gasteiger partial charge < -0.3 is 14.0 Å². The second-order valence-electron chi connectivity index (χ2n) is 10.1. The van der Waals surface area contributed by atoms with Crippen LogP contribution in [-0.4, -0.2) is 39.1 Å². The van der Waals surface area contributed by atoms with Crippen LogP contribution in [0.4, 0.5) is 0 Å². The van der Waals surface area contributed by atoms with Crippen molar-refractivity contribution in [2.24, 2.45) is 0 Å². The van der Waals surface area contributed by atoms with E-state index in [4.69, 9.17) is 9.47 Å². The van der Waals surface area contributed by atoms with Crippen LogP contribution in [0.5, 0.6) is 0 Å². The van der Waals surface area contributed by atoms with Crippen LogP contribution < -0.4 is 15.9 Å². The first kappa shape index (κ1) is 33.3. The van der Waals surface area contributed by atoms with Crippen LogP contribution in [0.3, 0.4) is 0 Å². The van der Waals surface area contributed by atoms with E-state index in [0.29, 0.717) is 6.16 Å². The Balaban J connectivity index is 0.000000354. The minimum absolute atomic E-state index is 0.178. The van der Waals surface area contributed by atoms with Gasteiger partial charge in [-0.25, -0.2) is 18.0 Å². The van der Waals surface area contributed by atoms with Crippen LogP contribution in [0.2, 0.25) is 0 Å². The minimum Gasteiger partial charge on any atom is -0.744 e. The van der Waals surface area contributed by atoms with Gasteiger partial charge in [-0.2, -0.15) is 0 Å². The van der Waals surface area contributed by atoms with Crippen molar-refractivity contribution >= 4 is 45.2 Å². The van der Waals surface area contributed by atoms with E-state index in [0.717, 1.165) is 11.1 Å². The molecule has 0 saturated carbocycles. The Bertz CT molecular complexity index is 1750. The largest absolute Gasteiger partial charge is 0.744 e. The van der Waals surface area contributed by atoms with E-state index in [1.54, 1.807) is 24.3 Å². The van der Waals surface area contributed by atoms with Crippen molar-refractivity contribution in [1.29, 1.82) is 0 Å². The molecular weight excluding hydrogens is 607 g/mol. The SMILES string of the molecule is COC(=O)c1ccc(C[P+](c2ccccc2)(c2ccccc2)c2ccccc2)cc1C(=O)OC.Cc1ccc(S(=O)(=O)[O-])cc1. The summed E-state index contributed by atoms with van der Waals surface area (Å²) in [6.07, 6.45) is 0.677. The third-order valence-electron chi connectivity index (χ3n) is 7.21. The lowest BCUT2D eigenvalue weighted by atomic mass is 10.0. The molecule has 0 spiro atoms. The zero-order chi connectivity index (χ0) is 32.5. The van der Waals surface area contributed by atoms with Crippen LogP contribution in [0.15, 0.2) is 138 Å². The first-order valence-corrected chi connectivity index (χ1v) is 17.4. The molecule has 0 aliphatic carbocycles. The van der Waals surface area contributed by atoms with Gasteiger partial charge in [-0.3, -0.25) is 0 Å². The molecule has 5 rings (SSSR count). The van der Waals surface area contributed by atoms with Crippen LogP contribution in [-0.2, 0) is 25.8 Å². The molecule has 0 amide bonds. The smallest absolute Gasteiger partial charge is 0.338 e. The van der Waals surface area contributed by atoms with E-state index in [1.807, 2.05) is 31.2 Å². The Hall–Kier alpha value is -4.62. The average Bonchev–Trinajstić information content (AvgIpc) is 3.07. The molecule has 45 heavy (non-hydrogen) atoms. The lowest BCUT2D eigenvalue weighted by Crippen LogP contribution is -2.32. The van der Waals surface area contributed by atoms with Gasteiger partial charge in [-0.05, 0) is 73.2 Å². The van der Waals surface area contributed by atoms with Crippen LogP contribution in [0.25, 0.3) is 0 Å². The molecule has 0 N–H and O–H groups in total. The van der Waals surface area contributed by atoms with Gasteiger partial charge in [0.05, 0.1) is 36.4 Å². The first-order chi connectivity index (χ1) is 21.6. The topological polar surface area (TPSA) is 110 Å². The molecule has 0 aliphatic rings. The Morgan fingerprint density at radius 3 is 1.44 bits per heavy atom. The fourth-order valence-electron chi connectivity index (χ4n) is 5.00. The summed E-state index contributed by atoms with van der Waals surface area (Å²) < 4.78 is 41.0. The van der Waals surface area contributed by atoms with Gasteiger partial charge in [0, 0.05) is 0 Å². The van der Waals surface area contributed by atoms with Crippen molar-refractivity contribution in [3.63, 3.8) is 0 Å². The number of carbonyl (C=O) groups excluding carboxylic acids is 2. The summed E-state index contributed by atoms with van der Waals surface area (Å²) in [5.74, 6) is -1.13. The standard InChI is InChI=1S/C29H26O4P.C7H8O3S/c1-32-28(30)26-19-18-22(20-27(26)29(31)33-2)21-34(23-12-6-3-7-13-23,24-14-8-4-9-15-24)25-16-10-5-11-17-25;1-6-2-4-7(5-3-6)11(8,9)10/h3-20H,21H2,1-2H3;2-5H,1H3,(H,8,9,10)/q+1;/p-1. The molecule has 0 unspecified atom stereocenters. The summed E-state index contributed by atoms with van der Waals surface area (Å²) in [5, 5.41) is 3.72. The number of methoxy groups -OCH3 is 2. The summed E-state index contributed by atoms with van der Waals surface area (Å²) in [4.78, 5) is 24.7. The van der Waals surface area contributed by atoms with E-state index in [1.165, 1.54) is 42.3 Å². The normalized spacial score (nSPS) is 11.1. The van der Waals surface area contributed by atoms with Crippen molar-refractivity contribution in [3.05, 3.63) is 156 Å². The molecule has 9 heteroatoms. The van der Waals surface area contributed by atoms with E-state index in [-0.39, 0.29) is 16.0 Å². The van der Waals surface area contributed by atoms with Gasteiger partial charge in [0.25, 0.3) is 0 Å². The highest BCUT2D eigenvalue weighted by Crippen LogP contribution is 2.58. The highest BCUT2D eigenvalue weighted by Gasteiger charge is 2.45. The average molecular weight is 641 g/mol. The maximum Gasteiger partial charge on any atom is 0.338 e. The van der Waals surface area contributed by atoms with Crippen molar-refractivity contribution in [2.45, 2.75) is 18.0 Å². The number of aryl methyl sites for hydroxylation is 1. The number of hydrogen-bond donors (Lipinski definition) is 0. The maximum absolute atomic E-state index is 12.6. The molecule has 7 nitrogen and oxygen atoms in total. The lowest BCUT2D eigenvalue weighted by molar-refractivity contribution is 0.0555. The molecule has 0 bridgehead atoms. The van der Waals surface area contributed by atoms with Gasteiger partial charge in [-0.1, -0.05) is 78.4 Å². The van der Waals surface area contributed by atoms with E-state index >= 15 is 0 Å². The molecule has 0 heterocycles. The number of ether oxygens (including phenoxy) is 2. The van der Waals surface area contributed by atoms with Gasteiger partial charge in [0.15, 0.2) is 0 Å². The number of carbonyl (C=O) groups is 2. The first-order valence-electron chi connectivity index (χ1n) is 14.0. The molecule has 0 aromatic heterocycles. The Morgan fingerprint density at radius 1 is 0.622 bits per heavy atom. The molecule has 0 atom stereocenters. The molecule has 5 aromatic rings. The highest BCUT2D eigenvalue weighted by molar-refractivity contribution is 7.95. The van der Waals surface area contributed by atoms with Crippen LogP contribution in [0, 0.1) is 6.92 Å². The molecule has 0 radical (unpaired) electrons. The zero-order valence-electron chi connectivity index (χ0n) is 25.1. The second kappa shape index (κ2) is 14.9. The van der Waals surface area contributed by atoms with Gasteiger partial charge >= 0.3 is 11.9 Å². The van der Waals surface area contributed by atoms with E-state index in [9.17, 15) is 22.6 Å². The van der Waals surface area contributed by atoms with Gasteiger partial charge in [0.2, 0.25) is 0 Å². The summed E-state index contributed by atoms with van der Waals surface area (Å²) >= 11 is 0. The number of esters is 2. The Labute approximate surface area is 264 Å². The summed E-state index contributed by atoms with van der Waals surface area (Å²) in [6, 6.07) is 42.6. The molecule has 230 valence electrons. The Morgan fingerprint density at radius 2 is 1.04 bits per heavy atom. The summed E-state index contributed by atoms with van der Waals surface area (Å²) in [6.45, 7) is 1.82. The minimum atomic E-state index is -4.27. The lowest BCUT2D eigenvalue weighted by Gasteiger charge is -2.28. The van der Waals surface area contributed by atoms with E-state index < -0.39 is 29.3 Å². The number of benzene rings is 5. The fourth-order valence-corrected chi connectivity index (χ4v) is 9.70. The summed E-state index contributed by atoms with van der Waals surface area (Å²) in [7, 11) is -3.81. The molecule has 5 aromatic carbocycles. The van der Waals surface area contributed by atoms with Gasteiger partial charge in [0.1, 0.15) is 33.3 Å². The van der Waals surface area contributed by atoms with Crippen molar-refractivity contribution in [1.82, 2.24) is 0 Å². The van der Waals surface area contributed by atoms with Crippen LogP contribution >= 0.6 is 7.26 Å². The van der Waals surface area contributed by atoms with Crippen molar-refractivity contribution in [2.75, 3.05) is 14.2 Å². The van der Waals surface area contributed by atoms with Crippen molar-refractivity contribution < 1.29 is 32.0 Å². The number of hydrogen-bond acceptors (Lipinski definition) is 7. The van der Waals surface area contributed by atoms with Crippen LogP contribution in [0.1, 0.15) is 31.8 Å². The zero-order valence-corrected chi connectivity index (χ0v) is 26.8. The molecular formula is C36H33O7PS. The molecule has 0 aliphatic heterocycles. The third kappa shape index (κ3) is 7.91. The molecule has 0 saturated heterocycles. The second-order valence-corrected chi connectivity index (χ2v) is 15.0. The third-order valence-corrected chi connectivity index (χ3v) is 12.4. The molecule has 0 fully saturated rings. The predicted molar refractivity (Wildman–Crippen MR) is 177 cm³/mol. The van der Waals surface area contributed by atoms with Gasteiger partial charge in [-0.15, -0.1) is 0 Å².